The van der Waals surface area contributed by atoms with Gasteiger partial charge in [-0.05, 0) is 60.5 Å². The fraction of sp³-hybridized carbons (Fsp3) is 0.321. The fourth-order valence-electron chi connectivity index (χ4n) is 4.49. The number of nitrogens with zero attached hydrogens (tertiary/aromatic N) is 2. The molecule has 0 saturated carbocycles. The van der Waals surface area contributed by atoms with Crippen molar-refractivity contribution in [1.29, 1.82) is 0 Å². The predicted octanol–water partition coefficient (Wildman–Crippen LogP) is 4.17. The first kappa shape index (κ1) is 27.7. The molecule has 202 valence electrons. The van der Waals surface area contributed by atoms with E-state index in [2.05, 4.69) is 0 Å². The van der Waals surface area contributed by atoms with E-state index in [-0.39, 0.29) is 35.9 Å². The highest BCUT2D eigenvalue weighted by atomic mass is 32.2. The van der Waals surface area contributed by atoms with Gasteiger partial charge in [0, 0.05) is 31.1 Å². The molecular weight excluding hydrogens is 514 g/mol. The van der Waals surface area contributed by atoms with Crippen molar-refractivity contribution >= 4 is 15.9 Å². The SMILES string of the molecule is C[C@@H]1CN([C@H](C)CO)S(=O)(=O)c2ccc(-c3cccc(F)c3)cc2O[C@H]1CN(C)C(=O)c1cccc(F)c1. The van der Waals surface area contributed by atoms with Crippen LogP contribution in [0.5, 0.6) is 5.75 Å². The van der Waals surface area contributed by atoms with Gasteiger partial charge in [0.2, 0.25) is 10.0 Å². The van der Waals surface area contributed by atoms with E-state index in [0.29, 0.717) is 11.1 Å². The number of ether oxygens (including phenoxy) is 1. The smallest absolute Gasteiger partial charge is 0.253 e. The van der Waals surface area contributed by atoms with Crippen LogP contribution in [0.25, 0.3) is 11.1 Å². The number of fused-ring (bicyclic) bond motifs is 1. The number of aliphatic hydroxyl groups is 1. The van der Waals surface area contributed by atoms with E-state index < -0.39 is 45.6 Å². The molecule has 0 spiro atoms. The van der Waals surface area contributed by atoms with Crippen molar-refractivity contribution in [3.05, 3.63) is 83.9 Å². The summed E-state index contributed by atoms with van der Waals surface area (Å²) in [6.45, 7) is 3.16. The first-order valence-electron chi connectivity index (χ1n) is 12.2. The quantitative estimate of drug-likeness (QED) is 0.503. The summed E-state index contributed by atoms with van der Waals surface area (Å²) < 4.78 is 62.4. The maximum absolute atomic E-state index is 13.9. The molecule has 3 aromatic rings. The van der Waals surface area contributed by atoms with E-state index in [1.54, 1.807) is 45.2 Å². The first-order valence-corrected chi connectivity index (χ1v) is 13.7. The summed E-state index contributed by atoms with van der Waals surface area (Å²) in [5.41, 5.74) is 1.27. The average molecular weight is 545 g/mol. The maximum atomic E-state index is 13.9. The zero-order chi connectivity index (χ0) is 27.6. The number of carbonyl (C=O) groups is 1. The van der Waals surface area contributed by atoms with Crippen molar-refractivity contribution < 1.29 is 31.8 Å². The van der Waals surface area contributed by atoms with Crippen LogP contribution in [0.3, 0.4) is 0 Å². The number of halogens is 2. The summed E-state index contributed by atoms with van der Waals surface area (Å²) in [5.74, 6) is -1.71. The lowest BCUT2D eigenvalue weighted by atomic mass is 10.0. The van der Waals surface area contributed by atoms with Gasteiger partial charge in [-0.15, -0.1) is 0 Å². The van der Waals surface area contributed by atoms with Crippen LogP contribution >= 0.6 is 0 Å². The molecule has 1 amide bonds. The molecule has 1 heterocycles. The molecule has 0 saturated heterocycles. The summed E-state index contributed by atoms with van der Waals surface area (Å²) in [6, 6.07) is 15.1. The van der Waals surface area contributed by atoms with Crippen LogP contribution in [-0.4, -0.2) is 67.5 Å². The number of amides is 1. The number of carbonyl (C=O) groups excluding carboxylic acids is 1. The highest BCUT2D eigenvalue weighted by Gasteiger charge is 2.38. The standard InChI is InChI=1S/C28H30F2N2O5S/c1-18-15-32(19(2)17-33)38(35,36)27-11-10-21(20-6-4-8-23(29)12-20)14-25(27)37-26(18)16-31(3)28(34)22-7-5-9-24(30)13-22/h4-14,18-19,26,33H,15-17H2,1-3H3/t18-,19-,26+/m1/s1. The van der Waals surface area contributed by atoms with E-state index in [1.807, 2.05) is 0 Å². The summed E-state index contributed by atoms with van der Waals surface area (Å²) in [7, 11) is -2.49. The second-order valence-electron chi connectivity index (χ2n) is 9.61. The van der Waals surface area contributed by atoms with Crippen molar-refractivity contribution in [2.24, 2.45) is 5.92 Å². The van der Waals surface area contributed by atoms with Crippen molar-refractivity contribution in [2.45, 2.75) is 30.9 Å². The molecule has 38 heavy (non-hydrogen) atoms. The number of hydrogen-bond acceptors (Lipinski definition) is 5. The van der Waals surface area contributed by atoms with Crippen LogP contribution in [-0.2, 0) is 10.0 Å². The molecule has 4 rings (SSSR count). The van der Waals surface area contributed by atoms with Crippen LogP contribution in [0.15, 0.2) is 71.6 Å². The van der Waals surface area contributed by atoms with Gasteiger partial charge in [-0.25, -0.2) is 17.2 Å². The minimum atomic E-state index is -4.06. The summed E-state index contributed by atoms with van der Waals surface area (Å²) in [5, 5.41) is 9.81. The Kier molecular flexibility index (Phi) is 8.15. The molecule has 0 aromatic heterocycles. The van der Waals surface area contributed by atoms with Gasteiger partial charge in [0.1, 0.15) is 28.4 Å². The molecule has 0 bridgehead atoms. The number of aliphatic hydroxyl groups excluding tert-OH is 1. The van der Waals surface area contributed by atoms with E-state index in [0.717, 1.165) is 6.07 Å². The predicted molar refractivity (Wildman–Crippen MR) is 139 cm³/mol. The molecular formula is C28H30F2N2O5S. The molecule has 0 fully saturated rings. The Bertz CT molecular complexity index is 1430. The van der Waals surface area contributed by atoms with Crippen molar-refractivity contribution in [2.75, 3.05) is 26.7 Å². The third-order valence-electron chi connectivity index (χ3n) is 6.70. The van der Waals surface area contributed by atoms with Gasteiger partial charge in [-0.3, -0.25) is 4.79 Å². The topological polar surface area (TPSA) is 87.2 Å². The Morgan fingerprint density at radius 1 is 1.08 bits per heavy atom. The summed E-state index contributed by atoms with van der Waals surface area (Å²) in [6.07, 6.45) is -0.650. The summed E-state index contributed by atoms with van der Waals surface area (Å²) >= 11 is 0. The Hall–Kier alpha value is -3.34. The van der Waals surface area contributed by atoms with Crippen molar-refractivity contribution in [1.82, 2.24) is 9.21 Å². The molecule has 0 unspecified atom stereocenters. The minimum absolute atomic E-state index is 0.0435. The van der Waals surface area contributed by atoms with E-state index in [9.17, 15) is 27.1 Å². The van der Waals surface area contributed by atoms with Gasteiger partial charge in [0.05, 0.1) is 13.2 Å². The molecule has 3 atom stereocenters. The van der Waals surface area contributed by atoms with Gasteiger partial charge in [-0.1, -0.05) is 31.2 Å². The molecule has 3 aromatic carbocycles. The van der Waals surface area contributed by atoms with Gasteiger partial charge >= 0.3 is 0 Å². The lowest BCUT2D eigenvalue weighted by molar-refractivity contribution is 0.0563. The zero-order valence-electron chi connectivity index (χ0n) is 21.3. The number of likely N-dealkylation sites (N-methyl/N-ethyl adjacent to an activating group) is 1. The maximum Gasteiger partial charge on any atom is 0.253 e. The summed E-state index contributed by atoms with van der Waals surface area (Å²) in [4.78, 5) is 14.3. The highest BCUT2D eigenvalue weighted by Crippen LogP contribution is 2.36. The normalized spacial score (nSPS) is 19.9. The third kappa shape index (κ3) is 5.72. The molecule has 0 radical (unpaired) electrons. The van der Waals surface area contributed by atoms with E-state index in [1.165, 1.54) is 45.6 Å². The van der Waals surface area contributed by atoms with Gasteiger partial charge in [-0.2, -0.15) is 4.31 Å². The Morgan fingerprint density at radius 2 is 1.74 bits per heavy atom. The molecule has 10 heteroatoms. The largest absolute Gasteiger partial charge is 0.487 e. The minimum Gasteiger partial charge on any atom is -0.487 e. The van der Waals surface area contributed by atoms with Crippen LogP contribution in [0.1, 0.15) is 24.2 Å². The van der Waals surface area contributed by atoms with Crippen molar-refractivity contribution in [3.8, 4) is 16.9 Å². The van der Waals surface area contributed by atoms with Gasteiger partial charge < -0.3 is 14.7 Å². The number of rotatable bonds is 6. The van der Waals surface area contributed by atoms with Crippen LogP contribution < -0.4 is 4.74 Å². The van der Waals surface area contributed by atoms with Gasteiger partial charge in [0.15, 0.2) is 0 Å². The van der Waals surface area contributed by atoms with Gasteiger partial charge in [0.25, 0.3) is 5.91 Å². The molecule has 1 aliphatic rings. The second-order valence-corrected chi connectivity index (χ2v) is 11.5. The third-order valence-corrected chi connectivity index (χ3v) is 8.72. The van der Waals surface area contributed by atoms with E-state index in [4.69, 9.17) is 4.74 Å². The number of hydrogen-bond donors (Lipinski definition) is 1. The fourth-order valence-corrected chi connectivity index (χ4v) is 6.31. The van der Waals surface area contributed by atoms with Crippen molar-refractivity contribution in [3.63, 3.8) is 0 Å². The molecule has 1 N–H and O–H groups in total. The molecule has 7 nitrogen and oxygen atoms in total. The lowest BCUT2D eigenvalue weighted by Gasteiger charge is -2.37. The first-order chi connectivity index (χ1) is 18.0. The van der Waals surface area contributed by atoms with Crippen LogP contribution in [0.2, 0.25) is 0 Å². The Labute approximate surface area is 221 Å². The lowest BCUT2D eigenvalue weighted by Crippen LogP contribution is -2.50. The number of benzene rings is 3. The van der Waals surface area contributed by atoms with E-state index >= 15 is 0 Å². The molecule has 0 aliphatic carbocycles. The zero-order valence-corrected chi connectivity index (χ0v) is 22.2. The highest BCUT2D eigenvalue weighted by molar-refractivity contribution is 7.89. The Morgan fingerprint density at radius 3 is 2.39 bits per heavy atom. The average Bonchev–Trinajstić information content (AvgIpc) is 2.89. The second kappa shape index (κ2) is 11.2. The van der Waals surface area contributed by atoms with Crippen LogP contribution in [0.4, 0.5) is 8.78 Å². The van der Waals surface area contributed by atoms with Crippen LogP contribution in [0, 0.1) is 17.6 Å². The monoisotopic (exact) mass is 544 g/mol. The number of sulfonamides is 1. The Balaban J connectivity index is 1.75. The molecule has 1 aliphatic heterocycles.